The summed E-state index contributed by atoms with van der Waals surface area (Å²) < 4.78 is 0. The van der Waals surface area contributed by atoms with Crippen LogP contribution in [0.1, 0.15) is 0 Å². The number of aliphatic hydroxyl groups excluding tert-OH is 2. The molecule has 0 radical (unpaired) electrons. The van der Waals surface area contributed by atoms with Gasteiger partial charge in [-0.15, -0.1) is 12.4 Å². The van der Waals surface area contributed by atoms with Crippen molar-refractivity contribution in [3.8, 4) is 11.3 Å². The first-order valence-electron chi connectivity index (χ1n) is 7.36. The predicted octanol–water partition coefficient (Wildman–Crippen LogP) is 3.74. The highest BCUT2D eigenvalue weighted by Gasteiger charge is 2.09. The smallest absolute Gasteiger partial charge is 0.0942 e. The second kappa shape index (κ2) is 8.31. The molecule has 0 aliphatic rings. The van der Waals surface area contributed by atoms with Crippen molar-refractivity contribution in [1.29, 1.82) is 0 Å². The Morgan fingerprint density at radius 3 is 2.54 bits per heavy atom. The maximum Gasteiger partial charge on any atom is 0.0942 e. The van der Waals surface area contributed by atoms with E-state index in [2.05, 4.69) is 10.3 Å². The normalized spacial score (nSPS) is 11.8. The fourth-order valence-electron chi connectivity index (χ4n) is 2.40. The first kappa shape index (κ1) is 18.5. The molecule has 24 heavy (non-hydrogen) atoms. The standard InChI is InChI=1S/C18H17ClN2O2.ClH/c19-13-6-7-15-17(20-10-14(23)11-22)9-16(21-18(15)8-13)12-4-2-1-3-5-12;/h1-9,14,22-23H,10-11H2,(H,20,21);1H. The fourth-order valence-corrected chi connectivity index (χ4v) is 2.56. The number of halogens is 2. The molecule has 1 atom stereocenters. The van der Waals surface area contributed by atoms with Gasteiger partial charge in [-0.25, -0.2) is 4.98 Å². The van der Waals surface area contributed by atoms with Crippen molar-refractivity contribution in [2.24, 2.45) is 0 Å². The monoisotopic (exact) mass is 364 g/mol. The zero-order chi connectivity index (χ0) is 16.2. The third-order valence-electron chi connectivity index (χ3n) is 3.58. The summed E-state index contributed by atoms with van der Waals surface area (Å²) in [6.07, 6.45) is -0.814. The molecule has 0 bridgehead atoms. The second-order valence-electron chi connectivity index (χ2n) is 5.30. The van der Waals surface area contributed by atoms with Gasteiger partial charge in [0.15, 0.2) is 0 Å². The van der Waals surface area contributed by atoms with Gasteiger partial charge in [-0.05, 0) is 24.3 Å². The lowest BCUT2D eigenvalue weighted by Gasteiger charge is -2.14. The summed E-state index contributed by atoms with van der Waals surface area (Å²) in [4.78, 5) is 4.68. The first-order chi connectivity index (χ1) is 11.2. The van der Waals surface area contributed by atoms with Crippen LogP contribution in [0.2, 0.25) is 5.02 Å². The number of aliphatic hydroxyl groups is 2. The molecule has 0 aliphatic carbocycles. The number of nitrogens with zero attached hydrogens (tertiary/aromatic N) is 1. The molecule has 0 fully saturated rings. The number of hydrogen-bond donors (Lipinski definition) is 3. The molecular formula is C18H18Cl2N2O2. The lowest BCUT2D eigenvalue weighted by Crippen LogP contribution is -2.23. The molecule has 4 nitrogen and oxygen atoms in total. The molecule has 1 heterocycles. The molecule has 126 valence electrons. The Morgan fingerprint density at radius 2 is 1.83 bits per heavy atom. The lowest BCUT2D eigenvalue weighted by atomic mass is 10.1. The molecule has 1 aromatic heterocycles. The van der Waals surface area contributed by atoms with Crippen molar-refractivity contribution in [1.82, 2.24) is 4.98 Å². The molecule has 3 N–H and O–H groups in total. The van der Waals surface area contributed by atoms with Crippen LogP contribution in [-0.2, 0) is 0 Å². The Balaban J connectivity index is 0.00000208. The van der Waals surface area contributed by atoms with Gasteiger partial charge in [0, 0.05) is 28.2 Å². The van der Waals surface area contributed by atoms with E-state index in [1.807, 2.05) is 48.5 Å². The average Bonchev–Trinajstić information content (AvgIpc) is 2.59. The van der Waals surface area contributed by atoms with E-state index in [-0.39, 0.29) is 25.6 Å². The van der Waals surface area contributed by atoms with Crippen LogP contribution in [0.3, 0.4) is 0 Å². The molecule has 0 aliphatic heterocycles. The van der Waals surface area contributed by atoms with Gasteiger partial charge < -0.3 is 15.5 Å². The number of rotatable bonds is 5. The zero-order valence-corrected chi connectivity index (χ0v) is 14.4. The van der Waals surface area contributed by atoms with Crippen LogP contribution in [-0.4, -0.2) is 34.5 Å². The summed E-state index contributed by atoms with van der Waals surface area (Å²) in [6, 6.07) is 17.3. The van der Waals surface area contributed by atoms with Crippen molar-refractivity contribution in [3.05, 3.63) is 59.6 Å². The third-order valence-corrected chi connectivity index (χ3v) is 3.82. The molecule has 1 unspecified atom stereocenters. The van der Waals surface area contributed by atoms with E-state index >= 15 is 0 Å². The van der Waals surface area contributed by atoms with Crippen molar-refractivity contribution in [2.75, 3.05) is 18.5 Å². The molecule has 3 rings (SSSR count). The first-order valence-corrected chi connectivity index (χ1v) is 7.73. The summed E-state index contributed by atoms with van der Waals surface area (Å²) in [5.41, 5.74) is 3.44. The number of aromatic nitrogens is 1. The minimum atomic E-state index is -0.814. The topological polar surface area (TPSA) is 65.4 Å². The summed E-state index contributed by atoms with van der Waals surface area (Å²) in [5, 5.41) is 23.3. The molecule has 0 amide bonds. The number of hydrogen-bond acceptors (Lipinski definition) is 4. The molecular weight excluding hydrogens is 347 g/mol. The van der Waals surface area contributed by atoms with Crippen molar-refractivity contribution < 1.29 is 10.2 Å². The van der Waals surface area contributed by atoms with E-state index in [0.717, 1.165) is 27.8 Å². The molecule has 3 aromatic rings. The summed E-state index contributed by atoms with van der Waals surface area (Å²) in [7, 11) is 0. The fraction of sp³-hybridized carbons (Fsp3) is 0.167. The largest absolute Gasteiger partial charge is 0.394 e. The van der Waals surface area contributed by atoms with Crippen molar-refractivity contribution >= 4 is 40.6 Å². The second-order valence-corrected chi connectivity index (χ2v) is 5.74. The summed E-state index contributed by atoms with van der Waals surface area (Å²) in [6.45, 7) is -0.0279. The lowest BCUT2D eigenvalue weighted by molar-refractivity contribution is 0.105. The van der Waals surface area contributed by atoms with Gasteiger partial charge in [-0.2, -0.15) is 0 Å². The van der Waals surface area contributed by atoms with Gasteiger partial charge in [0.2, 0.25) is 0 Å². The minimum Gasteiger partial charge on any atom is -0.394 e. The zero-order valence-electron chi connectivity index (χ0n) is 12.8. The number of fused-ring (bicyclic) bond motifs is 1. The van der Waals surface area contributed by atoms with Crippen LogP contribution in [0.5, 0.6) is 0 Å². The SMILES string of the molecule is Cl.OCC(O)CNc1cc(-c2ccccc2)nc2cc(Cl)ccc12. The van der Waals surface area contributed by atoms with Crippen molar-refractivity contribution in [2.45, 2.75) is 6.10 Å². The maximum atomic E-state index is 9.57. The maximum absolute atomic E-state index is 9.57. The van der Waals surface area contributed by atoms with E-state index in [0.29, 0.717) is 5.02 Å². The van der Waals surface area contributed by atoms with Crippen LogP contribution in [0.15, 0.2) is 54.6 Å². The van der Waals surface area contributed by atoms with Crippen LogP contribution in [0.25, 0.3) is 22.2 Å². The van der Waals surface area contributed by atoms with Crippen LogP contribution in [0.4, 0.5) is 5.69 Å². The number of pyridine rings is 1. The molecule has 6 heteroatoms. The molecule has 0 saturated carbocycles. The average molecular weight is 365 g/mol. The van der Waals surface area contributed by atoms with Gasteiger partial charge in [0.1, 0.15) is 0 Å². The Morgan fingerprint density at radius 1 is 1.08 bits per heavy atom. The van der Waals surface area contributed by atoms with E-state index in [4.69, 9.17) is 16.7 Å². The highest BCUT2D eigenvalue weighted by atomic mass is 35.5. The predicted molar refractivity (Wildman–Crippen MR) is 101 cm³/mol. The van der Waals surface area contributed by atoms with E-state index in [9.17, 15) is 5.11 Å². The van der Waals surface area contributed by atoms with E-state index in [1.54, 1.807) is 6.07 Å². The highest BCUT2D eigenvalue weighted by Crippen LogP contribution is 2.29. The van der Waals surface area contributed by atoms with Gasteiger partial charge in [-0.3, -0.25) is 0 Å². The number of anilines is 1. The van der Waals surface area contributed by atoms with E-state index in [1.165, 1.54) is 0 Å². The summed E-state index contributed by atoms with van der Waals surface area (Å²) in [5.74, 6) is 0. The van der Waals surface area contributed by atoms with Crippen LogP contribution >= 0.6 is 24.0 Å². The Hall–Kier alpha value is -1.85. The van der Waals surface area contributed by atoms with Gasteiger partial charge in [0.05, 0.1) is 23.9 Å². The van der Waals surface area contributed by atoms with Crippen LogP contribution < -0.4 is 5.32 Å². The molecule has 0 spiro atoms. The van der Waals surface area contributed by atoms with Crippen LogP contribution in [0, 0.1) is 0 Å². The van der Waals surface area contributed by atoms with Gasteiger partial charge >= 0.3 is 0 Å². The molecule has 2 aromatic carbocycles. The minimum absolute atomic E-state index is 0. The van der Waals surface area contributed by atoms with Gasteiger partial charge in [-0.1, -0.05) is 41.9 Å². The molecule has 0 saturated heterocycles. The Labute approximate surface area is 151 Å². The quantitative estimate of drug-likeness (QED) is 0.645. The van der Waals surface area contributed by atoms with Crippen molar-refractivity contribution in [3.63, 3.8) is 0 Å². The Kier molecular flexibility index (Phi) is 6.40. The van der Waals surface area contributed by atoms with Gasteiger partial charge in [0.25, 0.3) is 0 Å². The Bertz CT molecular complexity index is 813. The van der Waals surface area contributed by atoms with E-state index < -0.39 is 6.10 Å². The number of benzene rings is 2. The third kappa shape index (κ3) is 4.16. The summed E-state index contributed by atoms with van der Waals surface area (Å²) >= 11 is 6.09. The highest BCUT2D eigenvalue weighted by molar-refractivity contribution is 6.31. The number of nitrogens with one attached hydrogen (secondary N) is 1.